The normalized spacial score (nSPS) is 15.2. The standard InChI is InChI=1S/C16H23N5O2S/c1-9(2)10(3)21-24(4,23)11-5-6-12-13(7-11)15(20-16(17)18)19-8-14(12)22/h5-10,22H,4H2,1-3H3,(H,21,23)(H4,17,18,19,20). The summed E-state index contributed by atoms with van der Waals surface area (Å²) in [5, 5.41) is 11.0. The Morgan fingerprint density at radius 3 is 2.58 bits per heavy atom. The van der Waals surface area contributed by atoms with Gasteiger partial charge in [-0.15, -0.1) is 0 Å². The summed E-state index contributed by atoms with van der Waals surface area (Å²) in [6, 6.07) is 4.97. The highest BCUT2D eigenvalue weighted by atomic mass is 32.2. The molecule has 0 aliphatic carbocycles. The average Bonchev–Trinajstić information content (AvgIpc) is 2.49. The lowest BCUT2D eigenvalue weighted by Gasteiger charge is -2.21. The number of nitrogens with zero attached hydrogens (tertiary/aromatic N) is 2. The van der Waals surface area contributed by atoms with Gasteiger partial charge in [-0.05, 0) is 36.9 Å². The third kappa shape index (κ3) is 3.77. The molecule has 0 aliphatic heterocycles. The predicted octanol–water partition coefficient (Wildman–Crippen LogP) is 1.47. The molecule has 0 bridgehead atoms. The Labute approximate surface area is 141 Å². The highest BCUT2D eigenvalue weighted by Crippen LogP contribution is 2.32. The van der Waals surface area contributed by atoms with Crippen LogP contribution >= 0.6 is 0 Å². The van der Waals surface area contributed by atoms with E-state index in [0.717, 1.165) is 0 Å². The van der Waals surface area contributed by atoms with E-state index in [2.05, 4.69) is 20.6 Å². The third-order valence-corrected chi connectivity index (χ3v) is 5.58. The van der Waals surface area contributed by atoms with Crippen molar-refractivity contribution in [2.24, 2.45) is 22.4 Å². The van der Waals surface area contributed by atoms with Crippen molar-refractivity contribution < 1.29 is 9.32 Å². The molecule has 1 aromatic carbocycles. The lowest BCUT2D eigenvalue weighted by Crippen LogP contribution is -2.35. The first-order chi connectivity index (χ1) is 11.1. The molecule has 6 N–H and O–H groups in total. The SMILES string of the molecule is C=S(=O)(NC(C)C(C)C)c1ccc2c(O)cnc(N=C(N)N)c2c1. The molecule has 8 heteroatoms. The van der Waals surface area contributed by atoms with Crippen LogP contribution in [0, 0.1) is 5.92 Å². The van der Waals surface area contributed by atoms with E-state index in [1.54, 1.807) is 18.2 Å². The number of nitrogens with one attached hydrogen (secondary N) is 1. The fourth-order valence-corrected chi connectivity index (χ4v) is 3.72. The van der Waals surface area contributed by atoms with Gasteiger partial charge in [0.1, 0.15) is 5.75 Å². The number of aromatic hydroxyl groups is 1. The summed E-state index contributed by atoms with van der Waals surface area (Å²) in [5.74, 6) is 4.22. The van der Waals surface area contributed by atoms with Gasteiger partial charge in [-0.2, -0.15) is 4.99 Å². The van der Waals surface area contributed by atoms with E-state index >= 15 is 0 Å². The third-order valence-electron chi connectivity index (χ3n) is 3.81. The van der Waals surface area contributed by atoms with Crippen molar-refractivity contribution in [3.8, 4) is 5.75 Å². The zero-order valence-electron chi connectivity index (χ0n) is 14.0. The molecule has 2 rings (SSSR count). The van der Waals surface area contributed by atoms with Gasteiger partial charge >= 0.3 is 0 Å². The molecule has 2 atom stereocenters. The summed E-state index contributed by atoms with van der Waals surface area (Å²) in [6.45, 7) is 6.02. The molecule has 0 spiro atoms. The summed E-state index contributed by atoms with van der Waals surface area (Å²) in [4.78, 5) is 8.47. The molecule has 1 aromatic heterocycles. The van der Waals surface area contributed by atoms with Crippen molar-refractivity contribution in [3.05, 3.63) is 24.4 Å². The lowest BCUT2D eigenvalue weighted by atomic mass is 10.1. The summed E-state index contributed by atoms with van der Waals surface area (Å²) < 4.78 is 16.0. The number of pyridine rings is 1. The Kier molecular flexibility index (Phi) is 5.00. The largest absolute Gasteiger partial charge is 0.506 e. The van der Waals surface area contributed by atoms with Gasteiger partial charge in [-0.1, -0.05) is 13.8 Å². The maximum absolute atomic E-state index is 13.0. The number of hydrogen-bond donors (Lipinski definition) is 4. The van der Waals surface area contributed by atoms with Crippen LogP contribution in [0.15, 0.2) is 34.3 Å². The first-order valence-corrected chi connectivity index (χ1v) is 9.20. The quantitative estimate of drug-likeness (QED) is 0.369. The molecule has 2 unspecified atom stereocenters. The maximum Gasteiger partial charge on any atom is 0.192 e. The van der Waals surface area contributed by atoms with E-state index in [1.807, 2.05) is 20.8 Å². The summed E-state index contributed by atoms with van der Waals surface area (Å²) in [7, 11) is -2.72. The van der Waals surface area contributed by atoms with Crippen LogP contribution in [0.3, 0.4) is 0 Å². The van der Waals surface area contributed by atoms with Gasteiger partial charge in [-0.25, -0.2) is 13.9 Å². The first kappa shape index (κ1) is 18.0. The number of guanidine groups is 1. The minimum absolute atomic E-state index is 0.00911. The number of aliphatic imine (C=N–C) groups is 1. The van der Waals surface area contributed by atoms with Crippen molar-refractivity contribution >= 4 is 38.1 Å². The second-order valence-electron chi connectivity index (χ2n) is 6.04. The molecular weight excluding hydrogens is 326 g/mol. The molecule has 0 saturated carbocycles. The topological polar surface area (TPSA) is 127 Å². The Balaban J connectivity index is 2.60. The van der Waals surface area contributed by atoms with Gasteiger partial charge in [0.2, 0.25) is 0 Å². The van der Waals surface area contributed by atoms with Crippen LogP contribution in [0.2, 0.25) is 0 Å². The van der Waals surface area contributed by atoms with Gasteiger partial charge in [0.15, 0.2) is 11.8 Å². The Bertz CT molecular complexity index is 887. The molecule has 2 aromatic rings. The second kappa shape index (κ2) is 6.66. The Hall–Kier alpha value is -2.32. The summed E-state index contributed by atoms with van der Waals surface area (Å²) in [5.41, 5.74) is 10.8. The molecule has 130 valence electrons. The van der Waals surface area contributed by atoms with Crippen molar-refractivity contribution in [1.29, 1.82) is 0 Å². The molecule has 24 heavy (non-hydrogen) atoms. The van der Waals surface area contributed by atoms with Crippen molar-refractivity contribution in [2.45, 2.75) is 31.7 Å². The van der Waals surface area contributed by atoms with Crippen molar-refractivity contribution in [3.63, 3.8) is 0 Å². The minimum atomic E-state index is -2.72. The first-order valence-electron chi connectivity index (χ1n) is 7.47. The number of benzene rings is 1. The molecule has 0 aliphatic rings. The van der Waals surface area contributed by atoms with Crippen LogP contribution in [-0.2, 0) is 9.71 Å². The van der Waals surface area contributed by atoms with E-state index in [1.165, 1.54) is 6.20 Å². The molecule has 1 heterocycles. The van der Waals surface area contributed by atoms with Gasteiger partial charge < -0.3 is 16.6 Å². The van der Waals surface area contributed by atoms with Gasteiger partial charge in [0.05, 0.1) is 15.9 Å². The van der Waals surface area contributed by atoms with Crippen LogP contribution in [0.4, 0.5) is 5.82 Å². The monoisotopic (exact) mass is 349 g/mol. The van der Waals surface area contributed by atoms with E-state index in [4.69, 9.17) is 11.5 Å². The maximum atomic E-state index is 13.0. The van der Waals surface area contributed by atoms with E-state index in [0.29, 0.717) is 21.6 Å². The highest BCUT2D eigenvalue weighted by Gasteiger charge is 2.16. The van der Waals surface area contributed by atoms with Crippen molar-refractivity contribution in [2.75, 3.05) is 0 Å². The van der Waals surface area contributed by atoms with Crippen LogP contribution in [0.5, 0.6) is 5.75 Å². The fourth-order valence-electron chi connectivity index (χ4n) is 2.11. The van der Waals surface area contributed by atoms with Crippen LogP contribution < -0.4 is 16.2 Å². The zero-order valence-corrected chi connectivity index (χ0v) is 14.8. The zero-order chi connectivity index (χ0) is 18.1. The molecule has 0 fully saturated rings. The molecule has 7 nitrogen and oxygen atoms in total. The number of nitrogens with two attached hydrogens (primary N) is 2. The molecule has 0 radical (unpaired) electrons. The molecule has 0 amide bonds. The Morgan fingerprint density at radius 1 is 1.33 bits per heavy atom. The minimum Gasteiger partial charge on any atom is -0.506 e. The van der Waals surface area contributed by atoms with E-state index in [9.17, 15) is 9.32 Å². The average molecular weight is 349 g/mol. The highest BCUT2D eigenvalue weighted by molar-refractivity contribution is 7.98. The van der Waals surface area contributed by atoms with E-state index in [-0.39, 0.29) is 23.6 Å². The number of hydrogen-bond acceptors (Lipinski definition) is 4. The van der Waals surface area contributed by atoms with Gasteiger partial charge in [0.25, 0.3) is 0 Å². The number of aromatic nitrogens is 1. The van der Waals surface area contributed by atoms with Crippen LogP contribution in [0.25, 0.3) is 10.8 Å². The fraction of sp³-hybridized carbons (Fsp3) is 0.312. The molecule has 0 saturated heterocycles. The lowest BCUT2D eigenvalue weighted by molar-refractivity contribution is 0.479. The molecular formula is C16H23N5O2S. The summed E-state index contributed by atoms with van der Waals surface area (Å²) in [6.07, 6.45) is 1.27. The number of fused-ring (bicyclic) bond motifs is 1. The van der Waals surface area contributed by atoms with Gasteiger partial charge in [-0.3, -0.25) is 0 Å². The number of rotatable bonds is 5. The van der Waals surface area contributed by atoms with Crippen LogP contribution in [-0.4, -0.2) is 32.2 Å². The second-order valence-corrected chi connectivity index (χ2v) is 8.09. The van der Waals surface area contributed by atoms with E-state index < -0.39 is 9.71 Å². The van der Waals surface area contributed by atoms with Gasteiger partial charge in [0, 0.05) is 21.7 Å². The van der Waals surface area contributed by atoms with Crippen molar-refractivity contribution in [1.82, 2.24) is 9.71 Å². The Morgan fingerprint density at radius 2 is 2.00 bits per heavy atom. The predicted molar refractivity (Wildman–Crippen MR) is 99.8 cm³/mol. The van der Waals surface area contributed by atoms with Crippen LogP contribution in [0.1, 0.15) is 20.8 Å². The summed E-state index contributed by atoms with van der Waals surface area (Å²) >= 11 is 0. The smallest absolute Gasteiger partial charge is 0.192 e.